The van der Waals surface area contributed by atoms with Gasteiger partial charge in [0.1, 0.15) is 11.4 Å². The Labute approximate surface area is 146 Å². The molecule has 0 saturated carbocycles. The van der Waals surface area contributed by atoms with Crippen LogP contribution < -0.4 is 0 Å². The van der Waals surface area contributed by atoms with Crippen molar-refractivity contribution in [1.29, 1.82) is 0 Å². The quantitative estimate of drug-likeness (QED) is 0.528. The van der Waals surface area contributed by atoms with Crippen LogP contribution in [0.25, 0.3) is 11.0 Å². The van der Waals surface area contributed by atoms with Crippen molar-refractivity contribution in [3.63, 3.8) is 0 Å². The SMILES string of the molecule is CN1CC[C@H](CSc2ncnc3c2cnn3Cc2ccccc2)C1. The van der Waals surface area contributed by atoms with Gasteiger partial charge in [-0.2, -0.15) is 5.10 Å². The summed E-state index contributed by atoms with van der Waals surface area (Å²) in [6, 6.07) is 10.4. The lowest BCUT2D eigenvalue weighted by Gasteiger charge is -2.09. The summed E-state index contributed by atoms with van der Waals surface area (Å²) < 4.78 is 1.96. The first-order chi connectivity index (χ1) is 11.8. The van der Waals surface area contributed by atoms with Crippen LogP contribution in [0.2, 0.25) is 0 Å². The molecule has 2 aromatic heterocycles. The topological polar surface area (TPSA) is 46.8 Å². The molecule has 1 atom stereocenters. The zero-order valence-electron chi connectivity index (χ0n) is 13.8. The van der Waals surface area contributed by atoms with E-state index in [1.807, 2.05) is 28.7 Å². The smallest absolute Gasteiger partial charge is 0.162 e. The van der Waals surface area contributed by atoms with E-state index in [2.05, 4.69) is 51.3 Å². The van der Waals surface area contributed by atoms with Gasteiger partial charge in [0.15, 0.2) is 5.65 Å². The molecule has 1 aliphatic heterocycles. The Balaban J connectivity index is 1.53. The Hall–Kier alpha value is -1.92. The Morgan fingerprint density at radius 1 is 1.21 bits per heavy atom. The number of thioether (sulfide) groups is 1. The monoisotopic (exact) mass is 339 g/mol. The summed E-state index contributed by atoms with van der Waals surface area (Å²) in [7, 11) is 2.20. The van der Waals surface area contributed by atoms with Gasteiger partial charge < -0.3 is 4.90 Å². The van der Waals surface area contributed by atoms with E-state index >= 15 is 0 Å². The van der Waals surface area contributed by atoms with Crippen molar-refractivity contribution in [2.24, 2.45) is 5.92 Å². The number of benzene rings is 1. The number of hydrogen-bond donors (Lipinski definition) is 0. The lowest BCUT2D eigenvalue weighted by molar-refractivity contribution is 0.403. The van der Waals surface area contributed by atoms with Gasteiger partial charge in [0, 0.05) is 12.3 Å². The number of aromatic nitrogens is 4. The van der Waals surface area contributed by atoms with E-state index in [4.69, 9.17) is 0 Å². The van der Waals surface area contributed by atoms with Crippen molar-refractivity contribution in [2.45, 2.75) is 18.0 Å². The first-order valence-corrected chi connectivity index (χ1v) is 9.30. The molecule has 0 bridgehead atoms. The van der Waals surface area contributed by atoms with Gasteiger partial charge in [0.25, 0.3) is 0 Å². The average molecular weight is 339 g/mol. The van der Waals surface area contributed by atoms with Crippen LogP contribution in [0.4, 0.5) is 0 Å². The fourth-order valence-corrected chi connectivity index (χ4v) is 4.30. The third-order valence-corrected chi connectivity index (χ3v) is 5.75. The largest absolute Gasteiger partial charge is 0.306 e. The van der Waals surface area contributed by atoms with E-state index in [-0.39, 0.29) is 0 Å². The second-order valence-corrected chi connectivity index (χ2v) is 7.44. The third kappa shape index (κ3) is 3.30. The van der Waals surface area contributed by atoms with E-state index in [0.29, 0.717) is 0 Å². The fourth-order valence-electron chi connectivity index (χ4n) is 3.22. The molecule has 1 saturated heterocycles. The highest BCUT2D eigenvalue weighted by Gasteiger charge is 2.20. The van der Waals surface area contributed by atoms with Crippen molar-refractivity contribution in [1.82, 2.24) is 24.6 Å². The minimum atomic E-state index is 0.735. The van der Waals surface area contributed by atoms with Crippen molar-refractivity contribution in [3.05, 3.63) is 48.4 Å². The predicted molar refractivity (Wildman–Crippen MR) is 97.2 cm³/mol. The van der Waals surface area contributed by atoms with Gasteiger partial charge in [0.2, 0.25) is 0 Å². The second-order valence-electron chi connectivity index (χ2n) is 6.43. The molecule has 1 aliphatic rings. The summed E-state index contributed by atoms with van der Waals surface area (Å²) in [4.78, 5) is 11.4. The zero-order chi connectivity index (χ0) is 16.4. The van der Waals surface area contributed by atoms with Crippen LogP contribution in [0, 0.1) is 5.92 Å². The molecule has 3 aromatic rings. The average Bonchev–Trinajstić information content (AvgIpc) is 3.21. The molecule has 5 nitrogen and oxygen atoms in total. The minimum Gasteiger partial charge on any atom is -0.306 e. The van der Waals surface area contributed by atoms with E-state index in [1.54, 1.807) is 6.33 Å². The van der Waals surface area contributed by atoms with Gasteiger partial charge in [-0.25, -0.2) is 14.6 Å². The lowest BCUT2D eigenvalue weighted by atomic mass is 10.2. The molecular formula is C18H21N5S. The number of fused-ring (bicyclic) bond motifs is 1. The van der Waals surface area contributed by atoms with Gasteiger partial charge in [-0.15, -0.1) is 11.8 Å². The number of likely N-dealkylation sites (tertiary alicyclic amines) is 1. The zero-order valence-corrected chi connectivity index (χ0v) is 14.6. The first kappa shape index (κ1) is 15.6. The molecular weight excluding hydrogens is 318 g/mol. The molecule has 0 radical (unpaired) electrons. The summed E-state index contributed by atoms with van der Waals surface area (Å²) in [5, 5.41) is 6.65. The molecule has 0 spiro atoms. The molecule has 0 unspecified atom stereocenters. The highest BCUT2D eigenvalue weighted by atomic mass is 32.2. The number of rotatable bonds is 5. The molecule has 124 valence electrons. The van der Waals surface area contributed by atoms with Crippen LogP contribution in [0.5, 0.6) is 0 Å². The number of hydrogen-bond acceptors (Lipinski definition) is 5. The van der Waals surface area contributed by atoms with E-state index in [1.165, 1.54) is 25.1 Å². The van der Waals surface area contributed by atoms with Gasteiger partial charge >= 0.3 is 0 Å². The molecule has 0 aliphatic carbocycles. The molecule has 0 N–H and O–H groups in total. The molecule has 4 rings (SSSR count). The van der Waals surface area contributed by atoms with Crippen molar-refractivity contribution >= 4 is 22.8 Å². The van der Waals surface area contributed by atoms with E-state index < -0.39 is 0 Å². The second kappa shape index (κ2) is 6.91. The summed E-state index contributed by atoms with van der Waals surface area (Å²) in [6.45, 7) is 3.13. The standard InChI is InChI=1S/C18H21N5S/c1-22-8-7-15(10-22)12-24-18-16-9-21-23(17(16)19-13-20-18)11-14-5-3-2-4-6-14/h2-6,9,13,15H,7-8,10-12H2,1H3/t15-/m0/s1. The van der Waals surface area contributed by atoms with Crippen molar-refractivity contribution in [2.75, 3.05) is 25.9 Å². The van der Waals surface area contributed by atoms with Gasteiger partial charge in [0.05, 0.1) is 18.1 Å². The maximum absolute atomic E-state index is 4.54. The summed E-state index contributed by atoms with van der Waals surface area (Å²) in [5.74, 6) is 1.87. The molecule has 6 heteroatoms. The van der Waals surface area contributed by atoms with Crippen LogP contribution in [-0.4, -0.2) is 50.5 Å². The third-order valence-electron chi connectivity index (χ3n) is 4.52. The summed E-state index contributed by atoms with van der Waals surface area (Å²) in [5.41, 5.74) is 2.14. The number of nitrogens with zero attached hydrogens (tertiary/aromatic N) is 5. The Morgan fingerprint density at radius 3 is 2.88 bits per heavy atom. The Kier molecular flexibility index (Phi) is 4.49. The van der Waals surface area contributed by atoms with Crippen LogP contribution in [0.15, 0.2) is 47.9 Å². The molecule has 3 heterocycles. The van der Waals surface area contributed by atoms with E-state index in [0.717, 1.165) is 34.3 Å². The Morgan fingerprint density at radius 2 is 2.08 bits per heavy atom. The van der Waals surface area contributed by atoms with Crippen molar-refractivity contribution < 1.29 is 0 Å². The summed E-state index contributed by atoms with van der Waals surface area (Å²) >= 11 is 1.84. The normalized spacial score (nSPS) is 18.5. The lowest BCUT2D eigenvalue weighted by Crippen LogP contribution is -2.14. The molecule has 1 aromatic carbocycles. The molecule has 1 fully saturated rings. The first-order valence-electron chi connectivity index (χ1n) is 8.31. The molecule has 0 amide bonds. The van der Waals surface area contributed by atoms with Gasteiger partial charge in [-0.3, -0.25) is 0 Å². The predicted octanol–water partition coefficient (Wildman–Crippen LogP) is 2.92. The van der Waals surface area contributed by atoms with Gasteiger partial charge in [-0.1, -0.05) is 30.3 Å². The maximum atomic E-state index is 4.54. The van der Waals surface area contributed by atoms with Crippen LogP contribution in [0.3, 0.4) is 0 Å². The fraction of sp³-hybridized carbons (Fsp3) is 0.389. The Bertz CT molecular complexity index is 817. The highest BCUT2D eigenvalue weighted by molar-refractivity contribution is 7.99. The minimum absolute atomic E-state index is 0.735. The summed E-state index contributed by atoms with van der Waals surface area (Å²) in [6.07, 6.45) is 4.85. The van der Waals surface area contributed by atoms with Crippen LogP contribution in [-0.2, 0) is 6.54 Å². The van der Waals surface area contributed by atoms with E-state index in [9.17, 15) is 0 Å². The maximum Gasteiger partial charge on any atom is 0.162 e. The van der Waals surface area contributed by atoms with Gasteiger partial charge in [-0.05, 0) is 31.5 Å². The molecule has 24 heavy (non-hydrogen) atoms. The highest BCUT2D eigenvalue weighted by Crippen LogP contribution is 2.28. The van der Waals surface area contributed by atoms with Crippen LogP contribution >= 0.6 is 11.8 Å². The van der Waals surface area contributed by atoms with Crippen LogP contribution in [0.1, 0.15) is 12.0 Å². The van der Waals surface area contributed by atoms with Crippen molar-refractivity contribution in [3.8, 4) is 0 Å².